The van der Waals surface area contributed by atoms with Crippen molar-refractivity contribution in [3.05, 3.63) is 130 Å². The summed E-state index contributed by atoms with van der Waals surface area (Å²) in [7, 11) is -4.20. The van der Waals surface area contributed by atoms with Crippen LogP contribution in [0.4, 0.5) is 5.69 Å². The summed E-state index contributed by atoms with van der Waals surface area (Å²) < 4.78 is 29.4. The van der Waals surface area contributed by atoms with Gasteiger partial charge in [0.1, 0.15) is 12.6 Å². The number of nitrogens with one attached hydrogen (secondary N) is 1. The van der Waals surface area contributed by atoms with E-state index in [4.69, 9.17) is 11.6 Å². The number of amides is 2. The number of benzene rings is 4. The Morgan fingerprint density at radius 2 is 1.51 bits per heavy atom. The Morgan fingerprint density at radius 3 is 2.16 bits per heavy atom. The zero-order valence-corrected chi connectivity index (χ0v) is 27.7. The van der Waals surface area contributed by atoms with Crippen LogP contribution >= 0.6 is 11.6 Å². The summed E-state index contributed by atoms with van der Waals surface area (Å²) in [6, 6.07) is 27.7. The molecule has 1 N–H and O–H groups in total. The Kier molecular flexibility index (Phi) is 11.4. The molecule has 0 unspecified atom stereocenters. The molecule has 236 valence electrons. The molecule has 1 atom stereocenters. The van der Waals surface area contributed by atoms with Crippen molar-refractivity contribution in [1.82, 2.24) is 10.2 Å². The van der Waals surface area contributed by atoms with E-state index in [1.54, 1.807) is 30.3 Å². The standard InChI is InChI=1S/C36H40ClN3O4S/c1-5-20-38-36(42)34(22-29-11-7-6-8-12-29)39(24-30-13-9-10-27(3)21-30)35(41)25-40(31-17-16-28(4)33(37)23-31)45(43,44)32-18-14-26(2)15-19-32/h6-19,21,23,34H,5,20,22,24-25H2,1-4H3,(H,38,42)/t34-/m1/s1. The maximum Gasteiger partial charge on any atom is 0.264 e. The summed E-state index contributed by atoms with van der Waals surface area (Å²) in [5.74, 6) is -0.815. The number of nitrogens with zero attached hydrogens (tertiary/aromatic N) is 2. The number of carbonyl (C=O) groups is 2. The van der Waals surface area contributed by atoms with Gasteiger partial charge in [-0.3, -0.25) is 13.9 Å². The lowest BCUT2D eigenvalue weighted by molar-refractivity contribution is -0.140. The van der Waals surface area contributed by atoms with Crippen molar-refractivity contribution in [1.29, 1.82) is 0 Å². The summed E-state index contributed by atoms with van der Waals surface area (Å²) in [4.78, 5) is 29.8. The molecule has 4 rings (SSSR count). The van der Waals surface area contributed by atoms with Crippen LogP contribution in [0.25, 0.3) is 0 Å². The fourth-order valence-corrected chi connectivity index (χ4v) is 6.61. The molecule has 0 saturated carbocycles. The Labute approximate surface area is 271 Å². The Hall–Kier alpha value is -4.14. The Bertz CT molecular complexity index is 1730. The minimum Gasteiger partial charge on any atom is -0.354 e. The third-order valence-electron chi connectivity index (χ3n) is 7.59. The molecule has 2 amide bonds. The predicted octanol–water partition coefficient (Wildman–Crippen LogP) is 6.63. The minimum absolute atomic E-state index is 0.0457. The zero-order chi connectivity index (χ0) is 32.6. The van der Waals surface area contributed by atoms with Crippen molar-refractivity contribution in [3.8, 4) is 0 Å². The molecule has 0 aliphatic rings. The van der Waals surface area contributed by atoms with Crippen LogP contribution in [0, 0.1) is 20.8 Å². The van der Waals surface area contributed by atoms with E-state index in [2.05, 4.69) is 5.32 Å². The number of hydrogen-bond acceptors (Lipinski definition) is 4. The molecule has 4 aromatic rings. The van der Waals surface area contributed by atoms with Crippen LogP contribution in [0.15, 0.2) is 102 Å². The molecule has 0 radical (unpaired) electrons. The van der Waals surface area contributed by atoms with Crippen LogP contribution in [-0.2, 0) is 32.6 Å². The molecule has 0 fully saturated rings. The van der Waals surface area contributed by atoms with Crippen LogP contribution in [0.1, 0.15) is 41.2 Å². The van der Waals surface area contributed by atoms with Crippen molar-refractivity contribution in [2.24, 2.45) is 0 Å². The lowest BCUT2D eigenvalue weighted by Gasteiger charge is -2.34. The van der Waals surface area contributed by atoms with Gasteiger partial charge in [-0.25, -0.2) is 8.42 Å². The summed E-state index contributed by atoms with van der Waals surface area (Å²) in [5.41, 5.74) is 4.65. The van der Waals surface area contributed by atoms with E-state index in [0.29, 0.717) is 11.6 Å². The molecule has 0 aliphatic carbocycles. The summed E-state index contributed by atoms with van der Waals surface area (Å²) in [5, 5.41) is 3.34. The molecular weight excluding hydrogens is 606 g/mol. The largest absolute Gasteiger partial charge is 0.354 e. The summed E-state index contributed by atoms with van der Waals surface area (Å²) in [6.45, 7) is 7.65. The number of sulfonamides is 1. The minimum atomic E-state index is -4.20. The molecule has 0 bridgehead atoms. The number of anilines is 1. The Balaban J connectivity index is 1.81. The molecule has 0 saturated heterocycles. The molecule has 0 heterocycles. The highest BCUT2D eigenvalue weighted by atomic mass is 35.5. The number of aryl methyl sites for hydroxylation is 3. The van der Waals surface area contributed by atoms with Gasteiger partial charge in [0, 0.05) is 24.5 Å². The molecule has 7 nitrogen and oxygen atoms in total. The molecule has 0 aliphatic heterocycles. The van der Waals surface area contributed by atoms with Crippen LogP contribution in [0.3, 0.4) is 0 Å². The van der Waals surface area contributed by atoms with E-state index in [1.807, 2.05) is 82.3 Å². The van der Waals surface area contributed by atoms with Crippen LogP contribution in [0.5, 0.6) is 0 Å². The smallest absolute Gasteiger partial charge is 0.264 e. The van der Waals surface area contributed by atoms with Gasteiger partial charge < -0.3 is 10.2 Å². The fourth-order valence-electron chi connectivity index (χ4n) is 5.03. The summed E-state index contributed by atoms with van der Waals surface area (Å²) in [6.07, 6.45) is 0.987. The highest BCUT2D eigenvalue weighted by Crippen LogP contribution is 2.29. The Morgan fingerprint density at radius 1 is 0.822 bits per heavy atom. The van der Waals surface area contributed by atoms with E-state index in [1.165, 1.54) is 17.0 Å². The number of carbonyl (C=O) groups excluding carboxylic acids is 2. The number of hydrogen-bond donors (Lipinski definition) is 1. The first-order chi connectivity index (χ1) is 21.5. The van der Waals surface area contributed by atoms with E-state index < -0.39 is 28.5 Å². The first-order valence-electron chi connectivity index (χ1n) is 15.0. The highest BCUT2D eigenvalue weighted by molar-refractivity contribution is 7.92. The molecule has 4 aromatic carbocycles. The van der Waals surface area contributed by atoms with Crippen molar-refractivity contribution in [2.45, 2.75) is 58.0 Å². The SMILES string of the molecule is CCCNC(=O)[C@@H](Cc1ccccc1)N(Cc1cccc(C)c1)C(=O)CN(c1ccc(C)c(Cl)c1)S(=O)(=O)c1ccc(C)cc1. The van der Waals surface area contributed by atoms with Gasteiger partial charge in [0.05, 0.1) is 10.6 Å². The van der Waals surface area contributed by atoms with Gasteiger partial charge in [-0.15, -0.1) is 0 Å². The maximum atomic E-state index is 14.5. The van der Waals surface area contributed by atoms with E-state index in [0.717, 1.165) is 38.5 Å². The molecule has 9 heteroatoms. The first kappa shape index (κ1) is 33.7. The average molecular weight is 646 g/mol. The normalized spacial score (nSPS) is 11.9. The van der Waals surface area contributed by atoms with Crippen molar-refractivity contribution in [2.75, 3.05) is 17.4 Å². The second-order valence-corrected chi connectivity index (χ2v) is 13.5. The molecule has 45 heavy (non-hydrogen) atoms. The third-order valence-corrected chi connectivity index (χ3v) is 9.78. The fraction of sp³-hybridized carbons (Fsp3) is 0.278. The quantitative estimate of drug-likeness (QED) is 0.177. The molecule has 0 aromatic heterocycles. The number of halogens is 1. The second-order valence-electron chi connectivity index (χ2n) is 11.3. The monoisotopic (exact) mass is 645 g/mol. The zero-order valence-electron chi connectivity index (χ0n) is 26.2. The van der Waals surface area contributed by atoms with Gasteiger partial charge in [-0.1, -0.05) is 102 Å². The van der Waals surface area contributed by atoms with Gasteiger partial charge >= 0.3 is 0 Å². The van der Waals surface area contributed by atoms with Crippen LogP contribution in [-0.4, -0.2) is 44.3 Å². The van der Waals surface area contributed by atoms with Gasteiger partial charge in [-0.05, 0) is 68.1 Å². The predicted molar refractivity (Wildman–Crippen MR) is 181 cm³/mol. The van der Waals surface area contributed by atoms with E-state index in [9.17, 15) is 18.0 Å². The molecular formula is C36H40ClN3O4S. The number of rotatable bonds is 13. The van der Waals surface area contributed by atoms with E-state index in [-0.39, 0.29) is 29.5 Å². The highest BCUT2D eigenvalue weighted by Gasteiger charge is 2.34. The average Bonchev–Trinajstić information content (AvgIpc) is 3.02. The lowest BCUT2D eigenvalue weighted by Crippen LogP contribution is -2.53. The maximum absolute atomic E-state index is 14.5. The second kappa shape index (κ2) is 15.2. The van der Waals surface area contributed by atoms with Gasteiger partial charge in [0.25, 0.3) is 10.0 Å². The van der Waals surface area contributed by atoms with Gasteiger partial charge in [0.2, 0.25) is 11.8 Å². The van der Waals surface area contributed by atoms with Gasteiger partial charge in [-0.2, -0.15) is 0 Å². The van der Waals surface area contributed by atoms with Crippen LogP contribution < -0.4 is 9.62 Å². The van der Waals surface area contributed by atoms with E-state index >= 15 is 0 Å². The van der Waals surface area contributed by atoms with Crippen molar-refractivity contribution < 1.29 is 18.0 Å². The summed E-state index contributed by atoms with van der Waals surface area (Å²) >= 11 is 6.46. The topological polar surface area (TPSA) is 86.8 Å². The van der Waals surface area contributed by atoms with Crippen molar-refractivity contribution >= 4 is 39.1 Å². The third kappa shape index (κ3) is 8.74. The van der Waals surface area contributed by atoms with Gasteiger partial charge in [0.15, 0.2) is 0 Å². The molecule has 0 spiro atoms. The van der Waals surface area contributed by atoms with Crippen molar-refractivity contribution in [3.63, 3.8) is 0 Å². The first-order valence-corrected chi connectivity index (χ1v) is 16.8. The lowest BCUT2D eigenvalue weighted by atomic mass is 10.0. The van der Waals surface area contributed by atoms with Crippen LogP contribution in [0.2, 0.25) is 5.02 Å².